The molecule has 2 fully saturated rings. The highest BCUT2D eigenvalue weighted by molar-refractivity contribution is 6.05. The van der Waals surface area contributed by atoms with Gasteiger partial charge in [-0.15, -0.1) is 0 Å². The molecular weight excluding hydrogens is 438 g/mol. The second-order valence-electron chi connectivity index (χ2n) is 10.7. The number of para-hydroxylation sites is 1. The number of benzene rings is 2. The number of nitrogens with two attached hydrogens (primary N) is 1. The van der Waals surface area contributed by atoms with E-state index in [1.54, 1.807) is 25.1 Å². The number of rotatable bonds is 7. The summed E-state index contributed by atoms with van der Waals surface area (Å²) in [6.07, 6.45) is 1.71. The van der Waals surface area contributed by atoms with Crippen LogP contribution >= 0.6 is 0 Å². The average Bonchev–Trinajstić information content (AvgIpc) is 3.42. The van der Waals surface area contributed by atoms with Gasteiger partial charge in [0.25, 0.3) is 5.91 Å². The van der Waals surface area contributed by atoms with Gasteiger partial charge in [-0.2, -0.15) is 0 Å². The van der Waals surface area contributed by atoms with E-state index in [4.69, 9.17) is 10.2 Å². The van der Waals surface area contributed by atoms with Crippen molar-refractivity contribution in [2.75, 3.05) is 13.1 Å². The van der Waals surface area contributed by atoms with Gasteiger partial charge in [0, 0.05) is 35.7 Å². The van der Waals surface area contributed by atoms with Crippen LogP contribution in [0.1, 0.15) is 49.5 Å². The molecule has 3 aromatic rings. The van der Waals surface area contributed by atoms with Crippen LogP contribution in [0.2, 0.25) is 0 Å². The molecule has 6 heteroatoms. The molecule has 6 nitrogen and oxygen atoms in total. The second-order valence-corrected chi connectivity index (χ2v) is 10.7. The molecule has 1 saturated heterocycles. The first-order valence-electron chi connectivity index (χ1n) is 12.7. The molecule has 1 aromatic heterocycles. The predicted molar refractivity (Wildman–Crippen MR) is 139 cm³/mol. The van der Waals surface area contributed by atoms with Gasteiger partial charge >= 0.3 is 0 Å². The van der Waals surface area contributed by atoms with Gasteiger partial charge in [0.05, 0.1) is 17.1 Å². The van der Waals surface area contributed by atoms with E-state index < -0.39 is 6.17 Å². The van der Waals surface area contributed by atoms with E-state index >= 15 is 0 Å². The van der Waals surface area contributed by atoms with Crippen molar-refractivity contribution in [3.8, 4) is 11.3 Å². The fraction of sp³-hybridized carbons (Fsp3) is 0.448. The van der Waals surface area contributed by atoms with Gasteiger partial charge in [0.1, 0.15) is 5.76 Å². The lowest BCUT2D eigenvalue weighted by molar-refractivity contribution is 0.0906. The zero-order chi connectivity index (χ0) is 24.9. The monoisotopic (exact) mass is 473 g/mol. The topological polar surface area (TPSA) is 88.6 Å². The van der Waals surface area contributed by atoms with E-state index in [0.29, 0.717) is 45.7 Å². The third kappa shape index (κ3) is 3.99. The summed E-state index contributed by atoms with van der Waals surface area (Å²) in [5.74, 6) is 1.28. The summed E-state index contributed by atoms with van der Waals surface area (Å²) >= 11 is 0. The molecule has 3 N–H and O–H groups in total. The van der Waals surface area contributed by atoms with Gasteiger partial charge in [0.2, 0.25) is 0 Å². The SMILES string of the molecule is CCC(C(C)C)N1CC2CC2(C(N)NC(=O)c2cccc3c(=O)c(C)c(-c4ccccc4)oc23)C1. The highest BCUT2D eigenvalue weighted by atomic mass is 16.3. The maximum atomic E-state index is 13.4. The van der Waals surface area contributed by atoms with Gasteiger partial charge in [-0.3, -0.25) is 14.5 Å². The molecule has 0 radical (unpaired) electrons. The summed E-state index contributed by atoms with van der Waals surface area (Å²) in [5, 5.41) is 3.47. The van der Waals surface area contributed by atoms with E-state index in [2.05, 4.69) is 31.0 Å². The first-order chi connectivity index (χ1) is 16.8. The van der Waals surface area contributed by atoms with Crippen molar-refractivity contribution in [1.82, 2.24) is 10.2 Å². The number of piperidine rings is 1. The minimum Gasteiger partial charge on any atom is -0.455 e. The lowest BCUT2D eigenvalue weighted by Crippen LogP contribution is -2.51. The van der Waals surface area contributed by atoms with Crippen LogP contribution in [0, 0.1) is 24.2 Å². The lowest BCUT2D eigenvalue weighted by atomic mass is 9.98. The van der Waals surface area contributed by atoms with E-state index in [0.717, 1.165) is 31.5 Å². The molecule has 184 valence electrons. The van der Waals surface area contributed by atoms with Crippen LogP contribution < -0.4 is 16.5 Å². The molecule has 2 aliphatic rings. The number of nitrogens with one attached hydrogen (secondary N) is 1. The van der Waals surface area contributed by atoms with Crippen molar-refractivity contribution in [3.63, 3.8) is 0 Å². The number of carbonyl (C=O) groups excluding carboxylic acids is 1. The lowest BCUT2D eigenvalue weighted by Gasteiger charge is -2.33. The predicted octanol–water partition coefficient (Wildman–Crippen LogP) is 4.54. The summed E-state index contributed by atoms with van der Waals surface area (Å²) in [7, 11) is 0. The molecule has 1 saturated carbocycles. The molecular formula is C29H35N3O3. The third-order valence-corrected chi connectivity index (χ3v) is 8.22. The van der Waals surface area contributed by atoms with Gasteiger partial charge < -0.3 is 15.5 Å². The average molecular weight is 474 g/mol. The van der Waals surface area contributed by atoms with Crippen LogP contribution in [0.15, 0.2) is 57.7 Å². The highest BCUT2D eigenvalue weighted by Crippen LogP contribution is 2.59. The Bertz CT molecular complexity index is 1320. The van der Waals surface area contributed by atoms with Crippen LogP contribution in [0.25, 0.3) is 22.3 Å². The number of fused-ring (bicyclic) bond motifs is 2. The summed E-state index contributed by atoms with van der Waals surface area (Å²) < 4.78 is 6.23. The Hall–Kier alpha value is -2.96. The summed E-state index contributed by atoms with van der Waals surface area (Å²) in [6.45, 7) is 10.5. The molecule has 1 amide bonds. The van der Waals surface area contributed by atoms with Gasteiger partial charge in [-0.1, -0.05) is 57.2 Å². The van der Waals surface area contributed by atoms with Crippen molar-refractivity contribution < 1.29 is 9.21 Å². The Morgan fingerprint density at radius 3 is 2.63 bits per heavy atom. The molecule has 1 aliphatic heterocycles. The van der Waals surface area contributed by atoms with Crippen molar-refractivity contribution in [2.24, 2.45) is 23.0 Å². The normalized spacial score (nSPS) is 23.3. The maximum absolute atomic E-state index is 13.4. The number of amides is 1. The summed E-state index contributed by atoms with van der Waals surface area (Å²) in [4.78, 5) is 29.1. The van der Waals surface area contributed by atoms with Crippen molar-refractivity contribution in [2.45, 2.75) is 52.7 Å². The van der Waals surface area contributed by atoms with Crippen LogP contribution in [-0.4, -0.2) is 36.1 Å². The molecule has 2 aromatic carbocycles. The van der Waals surface area contributed by atoms with Gasteiger partial charge in [0.15, 0.2) is 11.0 Å². The Kier molecular flexibility index (Phi) is 6.06. The quantitative estimate of drug-likeness (QED) is 0.492. The molecule has 1 aliphatic carbocycles. The molecule has 35 heavy (non-hydrogen) atoms. The number of hydrogen-bond donors (Lipinski definition) is 2. The molecule has 5 rings (SSSR count). The summed E-state index contributed by atoms with van der Waals surface area (Å²) in [5.41, 5.74) is 8.41. The first kappa shape index (κ1) is 23.8. The Balaban J connectivity index is 1.43. The zero-order valence-electron chi connectivity index (χ0n) is 21.0. The minimum absolute atomic E-state index is 0.0742. The Morgan fingerprint density at radius 2 is 1.94 bits per heavy atom. The van der Waals surface area contributed by atoms with Crippen molar-refractivity contribution in [3.05, 3.63) is 69.9 Å². The van der Waals surface area contributed by atoms with E-state index in [1.807, 2.05) is 30.3 Å². The van der Waals surface area contributed by atoms with Crippen LogP contribution in [-0.2, 0) is 0 Å². The van der Waals surface area contributed by atoms with E-state index in [1.165, 1.54) is 0 Å². The molecule has 2 heterocycles. The molecule has 4 unspecified atom stereocenters. The maximum Gasteiger partial charge on any atom is 0.256 e. The fourth-order valence-corrected chi connectivity index (χ4v) is 6.16. The minimum atomic E-state index is -0.448. The number of carbonyl (C=O) groups is 1. The largest absolute Gasteiger partial charge is 0.455 e. The summed E-state index contributed by atoms with van der Waals surface area (Å²) in [6, 6.07) is 15.2. The van der Waals surface area contributed by atoms with E-state index in [9.17, 15) is 9.59 Å². The fourth-order valence-electron chi connectivity index (χ4n) is 6.16. The molecule has 0 spiro atoms. The zero-order valence-corrected chi connectivity index (χ0v) is 21.0. The third-order valence-electron chi connectivity index (χ3n) is 8.22. The van der Waals surface area contributed by atoms with Crippen LogP contribution in [0.3, 0.4) is 0 Å². The Morgan fingerprint density at radius 1 is 1.20 bits per heavy atom. The Labute approximate surface area is 206 Å². The standard InChI is InChI=1S/C29H35N3O3/c1-5-23(17(2)3)32-15-20-14-29(20,16-32)28(30)31-27(34)22-13-9-12-21-24(33)18(4)25(35-26(21)22)19-10-7-6-8-11-19/h6-13,17,20,23,28H,5,14-16,30H2,1-4H3,(H,31,34). The van der Waals surface area contributed by atoms with Crippen LogP contribution in [0.4, 0.5) is 0 Å². The van der Waals surface area contributed by atoms with Gasteiger partial charge in [-0.25, -0.2) is 0 Å². The first-order valence-corrected chi connectivity index (χ1v) is 12.7. The van der Waals surface area contributed by atoms with Crippen LogP contribution in [0.5, 0.6) is 0 Å². The molecule has 4 atom stereocenters. The van der Waals surface area contributed by atoms with Crippen molar-refractivity contribution >= 4 is 16.9 Å². The van der Waals surface area contributed by atoms with Gasteiger partial charge in [-0.05, 0) is 43.7 Å². The number of hydrogen-bond acceptors (Lipinski definition) is 5. The smallest absolute Gasteiger partial charge is 0.256 e. The second kappa shape index (κ2) is 8.92. The number of likely N-dealkylation sites (tertiary alicyclic amines) is 1. The van der Waals surface area contributed by atoms with E-state index in [-0.39, 0.29) is 16.8 Å². The highest BCUT2D eigenvalue weighted by Gasteiger charge is 2.64. The van der Waals surface area contributed by atoms with Crippen molar-refractivity contribution in [1.29, 1.82) is 0 Å². The number of nitrogens with zero attached hydrogens (tertiary/aromatic N) is 1. The molecule has 0 bridgehead atoms.